The third kappa shape index (κ3) is 5.61. The summed E-state index contributed by atoms with van der Waals surface area (Å²) in [6.07, 6.45) is 1.61. The zero-order chi connectivity index (χ0) is 18.2. The molecule has 0 fully saturated rings. The number of nitro groups is 1. The van der Waals surface area contributed by atoms with E-state index in [2.05, 4.69) is 15.8 Å². The van der Waals surface area contributed by atoms with Crippen molar-refractivity contribution in [3.05, 3.63) is 64.2 Å². The lowest BCUT2D eigenvalue weighted by Gasteiger charge is -2.11. The van der Waals surface area contributed by atoms with Gasteiger partial charge in [0.05, 0.1) is 11.1 Å². The molecule has 0 saturated carbocycles. The number of rotatable bonds is 7. The second kappa shape index (κ2) is 8.44. The van der Waals surface area contributed by atoms with E-state index < -0.39 is 4.92 Å². The Morgan fingerprint density at radius 3 is 2.60 bits per heavy atom. The second-order valence-electron chi connectivity index (χ2n) is 5.43. The minimum Gasteiger partial charge on any atom is -0.378 e. The topological polar surface area (TPSA) is 99.9 Å². The number of benzene rings is 2. The summed E-state index contributed by atoms with van der Waals surface area (Å²) in [5, 5.41) is 17.3. The summed E-state index contributed by atoms with van der Waals surface area (Å²) in [5.41, 5.74) is 4.91. The van der Waals surface area contributed by atoms with Crippen molar-refractivity contribution in [1.82, 2.24) is 5.43 Å². The van der Waals surface area contributed by atoms with Gasteiger partial charge in [0.25, 0.3) is 5.69 Å². The Hall–Kier alpha value is -3.42. The van der Waals surface area contributed by atoms with Gasteiger partial charge in [0.1, 0.15) is 6.54 Å². The molecule has 0 unspecified atom stereocenters. The van der Waals surface area contributed by atoms with E-state index in [9.17, 15) is 14.9 Å². The number of hydrogen-bond donors (Lipinski definition) is 2. The second-order valence-corrected chi connectivity index (χ2v) is 5.43. The molecular weight excluding hydrogens is 322 g/mol. The van der Waals surface area contributed by atoms with Crippen molar-refractivity contribution in [2.45, 2.75) is 0 Å². The molecule has 0 aliphatic carbocycles. The molecule has 0 aromatic heterocycles. The van der Waals surface area contributed by atoms with Gasteiger partial charge in [-0.15, -0.1) is 0 Å². The van der Waals surface area contributed by atoms with Crippen molar-refractivity contribution in [3.8, 4) is 0 Å². The van der Waals surface area contributed by atoms with Gasteiger partial charge in [-0.2, -0.15) is 5.10 Å². The van der Waals surface area contributed by atoms with Crippen LogP contribution in [0.15, 0.2) is 53.6 Å². The molecular formula is C17H19N5O3. The van der Waals surface area contributed by atoms with Gasteiger partial charge >= 0.3 is 0 Å². The fourth-order valence-corrected chi connectivity index (χ4v) is 2.00. The monoisotopic (exact) mass is 341 g/mol. The molecule has 1 amide bonds. The van der Waals surface area contributed by atoms with Gasteiger partial charge in [-0.05, 0) is 23.8 Å². The molecule has 0 atom stereocenters. The maximum absolute atomic E-state index is 11.8. The third-order valence-corrected chi connectivity index (χ3v) is 3.29. The zero-order valence-electron chi connectivity index (χ0n) is 14.0. The molecule has 0 aliphatic rings. The van der Waals surface area contributed by atoms with Gasteiger partial charge < -0.3 is 15.6 Å². The summed E-state index contributed by atoms with van der Waals surface area (Å²) in [7, 11) is 3.93. The standard InChI is InChI=1S/C17H19N5O3/c1-21(2)15-8-6-13(7-9-15)11-18-19-12-17(23)20-14-4-3-5-16(10-14)22(24)25/h3-11,19H,12H2,1-2H3,(H,20,23)/b18-11+. The quantitative estimate of drug-likeness (QED) is 0.457. The van der Waals surface area contributed by atoms with Crippen LogP contribution in [0.2, 0.25) is 0 Å². The molecule has 2 aromatic rings. The number of carbonyl (C=O) groups is 1. The first-order valence-electron chi connectivity index (χ1n) is 7.53. The van der Waals surface area contributed by atoms with Crippen molar-refractivity contribution in [3.63, 3.8) is 0 Å². The highest BCUT2D eigenvalue weighted by Gasteiger charge is 2.07. The number of hydrogen-bond acceptors (Lipinski definition) is 6. The van der Waals surface area contributed by atoms with E-state index >= 15 is 0 Å². The average molecular weight is 341 g/mol. The number of non-ortho nitro benzene ring substituents is 1. The number of amides is 1. The third-order valence-electron chi connectivity index (χ3n) is 3.29. The SMILES string of the molecule is CN(C)c1ccc(/C=N/NCC(=O)Nc2cccc([N+](=O)[O-])c2)cc1. The summed E-state index contributed by atoms with van der Waals surface area (Å²) in [5.74, 6) is -0.347. The van der Waals surface area contributed by atoms with Gasteiger partial charge in [-0.1, -0.05) is 18.2 Å². The van der Waals surface area contributed by atoms with Gasteiger partial charge in [0.15, 0.2) is 0 Å². The van der Waals surface area contributed by atoms with Gasteiger partial charge in [0, 0.05) is 37.6 Å². The van der Waals surface area contributed by atoms with Crippen LogP contribution in [-0.2, 0) is 4.79 Å². The van der Waals surface area contributed by atoms with E-state index in [1.165, 1.54) is 18.2 Å². The number of hydrazone groups is 1. The van der Waals surface area contributed by atoms with E-state index in [0.29, 0.717) is 5.69 Å². The number of anilines is 2. The summed E-state index contributed by atoms with van der Waals surface area (Å²) in [6.45, 7) is -0.0467. The largest absolute Gasteiger partial charge is 0.378 e. The number of carbonyl (C=O) groups excluding carboxylic acids is 1. The van der Waals surface area contributed by atoms with Crippen LogP contribution in [0.3, 0.4) is 0 Å². The molecule has 2 N–H and O–H groups in total. The minimum atomic E-state index is -0.514. The maximum atomic E-state index is 11.8. The Bertz CT molecular complexity index is 772. The van der Waals surface area contributed by atoms with Crippen LogP contribution in [0.4, 0.5) is 17.1 Å². The maximum Gasteiger partial charge on any atom is 0.271 e. The number of nitrogens with zero attached hydrogens (tertiary/aromatic N) is 3. The minimum absolute atomic E-state index is 0.0467. The average Bonchev–Trinajstić information content (AvgIpc) is 2.59. The highest BCUT2D eigenvalue weighted by molar-refractivity contribution is 5.92. The molecule has 2 rings (SSSR count). The van der Waals surface area contributed by atoms with Crippen molar-refractivity contribution in [2.75, 3.05) is 30.9 Å². The summed E-state index contributed by atoms with van der Waals surface area (Å²) < 4.78 is 0. The molecule has 0 aliphatic heterocycles. The first-order chi connectivity index (χ1) is 12.0. The molecule has 130 valence electrons. The highest BCUT2D eigenvalue weighted by Crippen LogP contribution is 2.16. The Morgan fingerprint density at radius 2 is 1.96 bits per heavy atom. The van der Waals surface area contributed by atoms with Crippen molar-refractivity contribution >= 4 is 29.2 Å². The molecule has 0 heterocycles. The van der Waals surface area contributed by atoms with E-state index in [0.717, 1.165) is 11.3 Å². The number of nitro benzene ring substituents is 1. The first kappa shape index (κ1) is 17.9. The fourth-order valence-electron chi connectivity index (χ4n) is 2.00. The highest BCUT2D eigenvalue weighted by atomic mass is 16.6. The Morgan fingerprint density at radius 1 is 1.24 bits per heavy atom. The van der Waals surface area contributed by atoms with Gasteiger partial charge in [-0.3, -0.25) is 14.9 Å². The van der Waals surface area contributed by atoms with Crippen molar-refractivity contribution in [1.29, 1.82) is 0 Å². The normalized spacial score (nSPS) is 10.5. The van der Waals surface area contributed by atoms with Crippen LogP contribution in [0.5, 0.6) is 0 Å². The predicted octanol–water partition coefficient (Wildman–Crippen LogP) is 2.22. The van der Waals surface area contributed by atoms with E-state index in [4.69, 9.17) is 0 Å². The van der Waals surface area contributed by atoms with Crippen LogP contribution < -0.4 is 15.6 Å². The van der Waals surface area contributed by atoms with Crippen LogP contribution in [0.25, 0.3) is 0 Å². The van der Waals surface area contributed by atoms with Gasteiger partial charge in [-0.25, -0.2) is 0 Å². The van der Waals surface area contributed by atoms with E-state index in [1.807, 2.05) is 43.3 Å². The molecule has 25 heavy (non-hydrogen) atoms. The lowest BCUT2D eigenvalue weighted by atomic mass is 10.2. The fraction of sp³-hybridized carbons (Fsp3) is 0.176. The summed E-state index contributed by atoms with van der Waals surface area (Å²) in [4.78, 5) is 24.0. The summed E-state index contributed by atoms with van der Waals surface area (Å²) in [6, 6.07) is 13.5. The van der Waals surface area contributed by atoms with E-state index in [-0.39, 0.29) is 18.1 Å². The lowest BCUT2D eigenvalue weighted by Crippen LogP contribution is -2.24. The lowest BCUT2D eigenvalue weighted by molar-refractivity contribution is -0.384. The van der Waals surface area contributed by atoms with Crippen LogP contribution >= 0.6 is 0 Å². The molecule has 8 nitrogen and oxygen atoms in total. The molecule has 0 saturated heterocycles. The molecule has 0 spiro atoms. The number of nitrogens with one attached hydrogen (secondary N) is 2. The van der Waals surface area contributed by atoms with Crippen LogP contribution in [-0.4, -0.2) is 37.7 Å². The molecule has 0 bridgehead atoms. The Kier molecular flexibility index (Phi) is 6.05. The molecule has 8 heteroatoms. The Labute approximate surface area is 145 Å². The summed E-state index contributed by atoms with van der Waals surface area (Å²) >= 11 is 0. The Balaban J connectivity index is 1.82. The zero-order valence-corrected chi connectivity index (χ0v) is 14.0. The van der Waals surface area contributed by atoms with E-state index in [1.54, 1.807) is 12.3 Å². The smallest absolute Gasteiger partial charge is 0.271 e. The molecule has 2 aromatic carbocycles. The van der Waals surface area contributed by atoms with Crippen LogP contribution in [0.1, 0.15) is 5.56 Å². The van der Waals surface area contributed by atoms with Crippen molar-refractivity contribution in [2.24, 2.45) is 5.10 Å². The van der Waals surface area contributed by atoms with Gasteiger partial charge in [0.2, 0.25) is 5.91 Å². The molecule has 0 radical (unpaired) electrons. The van der Waals surface area contributed by atoms with Crippen molar-refractivity contribution < 1.29 is 9.72 Å². The van der Waals surface area contributed by atoms with Crippen LogP contribution in [0, 0.1) is 10.1 Å². The predicted molar refractivity (Wildman–Crippen MR) is 98.1 cm³/mol. The first-order valence-corrected chi connectivity index (χ1v) is 7.53.